The highest BCUT2D eigenvalue weighted by Gasteiger charge is 2.25. The van der Waals surface area contributed by atoms with Crippen LogP contribution in [-0.2, 0) is 0 Å². The number of rotatable bonds is 13. The summed E-state index contributed by atoms with van der Waals surface area (Å²) in [6.07, 6.45) is 8.53. The van der Waals surface area contributed by atoms with Gasteiger partial charge in [-0.1, -0.05) is 109 Å². The standard InChI is InChI=1S/C46H44N6S2/c1-49(37-17-7-5-8-18-37)47-33-35-25-27-41-45(31-35)53-43-23-13-11-21-39(43)51(41)29-15-3-4-16-30-52-40-22-12-14-24-44(40)54-46-32-36(26-28-42(46)52)34-48-50(2)38-19-9-6-10-20-38/h5-14,17-28,31-34H,3-4,15-16,29-30H2,1-2H3. The third-order valence-electron chi connectivity index (χ3n) is 9.83. The zero-order chi connectivity index (χ0) is 36.7. The number of hydrogen-bond donors (Lipinski definition) is 0. The number of nitrogens with zero attached hydrogens (tertiary/aromatic N) is 6. The predicted octanol–water partition coefficient (Wildman–Crippen LogP) is 12.1. The molecule has 2 aliphatic heterocycles. The van der Waals surface area contributed by atoms with E-state index in [1.807, 2.05) is 96.5 Å². The highest BCUT2D eigenvalue weighted by atomic mass is 32.2. The third kappa shape index (κ3) is 8.05. The molecule has 6 nitrogen and oxygen atoms in total. The van der Waals surface area contributed by atoms with Crippen molar-refractivity contribution >= 4 is 70.1 Å². The van der Waals surface area contributed by atoms with Gasteiger partial charge in [0.15, 0.2) is 0 Å². The van der Waals surface area contributed by atoms with E-state index in [0.717, 1.165) is 48.4 Å². The summed E-state index contributed by atoms with van der Waals surface area (Å²) in [5.74, 6) is 0. The van der Waals surface area contributed by atoms with Gasteiger partial charge >= 0.3 is 0 Å². The van der Waals surface area contributed by atoms with Crippen molar-refractivity contribution in [1.29, 1.82) is 0 Å². The molecule has 270 valence electrons. The Labute approximate surface area is 327 Å². The van der Waals surface area contributed by atoms with Gasteiger partial charge < -0.3 is 9.80 Å². The number of fused-ring (bicyclic) bond motifs is 4. The molecule has 0 bridgehead atoms. The second-order valence-electron chi connectivity index (χ2n) is 13.5. The van der Waals surface area contributed by atoms with Crippen molar-refractivity contribution in [2.24, 2.45) is 10.2 Å². The van der Waals surface area contributed by atoms with Gasteiger partial charge in [0.05, 0.1) is 46.6 Å². The van der Waals surface area contributed by atoms with E-state index in [0.29, 0.717) is 0 Å². The molecule has 0 aliphatic carbocycles. The summed E-state index contributed by atoms with van der Waals surface area (Å²) in [7, 11) is 3.97. The molecule has 6 aromatic rings. The molecule has 6 aromatic carbocycles. The number of unbranched alkanes of at least 4 members (excludes halogenated alkanes) is 3. The van der Waals surface area contributed by atoms with Gasteiger partial charge in [0.1, 0.15) is 0 Å². The Bertz CT molecular complexity index is 2100. The van der Waals surface area contributed by atoms with Crippen molar-refractivity contribution in [3.05, 3.63) is 157 Å². The minimum atomic E-state index is 0.991. The maximum Gasteiger partial charge on any atom is 0.0590 e. The molecule has 8 heteroatoms. The number of hydrogen-bond acceptors (Lipinski definition) is 8. The topological polar surface area (TPSA) is 37.7 Å². The highest BCUT2D eigenvalue weighted by molar-refractivity contribution is 8.00. The average molecular weight is 745 g/mol. The van der Waals surface area contributed by atoms with Gasteiger partial charge in [-0.15, -0.1) is 0 Å². The van der Waals surface area contributed by atoms with Crippen LogP contribution in [-0.4, -0.2) is 39.6 Å². The lowest BCUT2D eigenvalue weighted by molar-refractivity contribution is 0.640. The molecule has 0 unspecified atom stereocenters. The molecule has 0 atom stereocenters. The van der Waals surface area contributed by atoms with Crippen molar-refractivity contribution in [3.63, 3.8) is 0 Å². The monoisotopic (exact) mass is 744 g/mol. The Morgan fingerprint density at radius 3 is 1.28 bits per heavy atom. The molecule has 0 aromatic heterocycles. The van der Waals surface area contributed by atoms with Gasteiger partial charge in [-0.2, -0.15) is 10.2 Å². The lowest BCUT2D eigenvalue weighted by Crippen LogP contribution is -2.23. The molecule has 0 amide bonds. The highest BCUT2D eigenvalue weighted by Crippen LogP contribution is 2.49. The fourth-order valence-electron chi connectivity index (χ4n) is 6.96. The Morgan fingerprint density at radius 1 is 0.444 bits per heavy atom. The van der Waals surface area contributed by atoms with E-state index < -0.39 is 0 Å². The number of anilines is 6. The summed E-state index contributed by atoms with van der Waals surface area (Å²) in [5, 5.41) is 13.3. The molecule has 0 fully saturated rings. The van der Waals surface area contributed by atoms with E-state index in [9.17, 15) is 0 Å². The van der Waals surface area contributed by atoms with E-state index in [-0.39, 0.29) is 0 Å². The van der Waals surface area contributed by atoms with Crippen molar-refractivity contribution in [2.75, 3.05) is 47.0 Å². The lowest BCUT2D eigenvalue weighted by Gasteiger charge is -2.33. The first-order chi connectivity index (χ1) is 26.6. The SMILES string of the molecule is CN(N=Cc1ccc2c(c1)Sc1ccccc1N2CCCCCCN1c2ccccc2Sc2cc(C=NN(C)c3ccccc3)ccc21)c1ccccc1. The largest absolute Gasteiger partial charge is 0.340 e. The van der Waals surface area contributed by atoms with Crippen LogP contribution in [0.1, 0.15) is 36.8 Å². The van der Waals surface area contributed by atoms with E-state index in [1.165, 1.54) is 55.2 Å². The van der Waals surface area contributed by atoms with Crippen LogP contribution in [0.15, 0.2) is 175 Å². The average Bonchev–Trinajstić information content (AvgIpc) is 3.22. The van der Waals surface area contributed by atoms with Gasteiger partial charge in [-0.25, -0.2) is 0 Å². The van der Waals surface area contributed by atoms with E-state index in [4.69, 9.17) is 10.2 Å². The predicted molar refractivity (Wildman–Crippen MR) is 231 cm³/mol. The summed E-state index contributed by atoms with van der Waals surface area (Å²) in [6, 6.07) is 51.5. The maximum atomic E-state index is 4.71. The Kier molecular flexibility index (Phi) is 11.0. The van der Waals surface area contributed by atoms with Crippen LogP contribution in [0.4, 0.5) is 34.1 Å². The Hall–Kier alpha value is -5.44. The zero-order valence-electron chi connectivity index (χ0n) is 30.8. The van der Waals surface area contributed by atoms with Gasteiger partial charge in [0, 0.05) is 46.8 Å². The van der Waals surface area contributed by atoms with Crippen molar-refractivity contribution in [2.45, 2.75) is 45.3 Å². The number of benzene rings is 6. The molecule has 0 saturated heterocycles. The van der Waals surface area contributed by atoms with Crippen LogP contribution < -0.4 is 19.8 Å². The molecular weight excluding hydrogens is 701 g/mol. The maximum absolute atomic E-state index is 4.71. The fraction of sp³-hybridized carbons (Fsp3) is 0.174. The van der Waals surface area contributed by atoms with E-state index >= 15 is 0 Å². The molecule has 0 radical (unpaired) electrons. The Morgan fingerprint density at radius 2 is 0.833 bits per heavy atom. The number of para-hydroxylation sites is 4. The first kappa shape index (κ1) is 35.6. The lowest BCUT2D eigenvalue weighted by atomic mass is 10.1. The van der Waals surface area contributed by atoms with Crippen molar-refractivity contribution in [3.8, 4) is 0 Å². The fourth-order valence-corrected chi connectivity index (χ4v) is 9.25. The van der Waals surface area contributed by atoms with Crippen LogP contribution in [0.5, 0.6) is 0 Å². The van der Waals surface area contributed by atoms with Gasteiger partial charge in [-0.3, -0.25) is 10.0 Å². The van der Waals surface area contributed by atoms with Crippen LogP contribution in [0.3, 0.4) is 0 Å². The van der Waals surface area contributed by atoms with Crippen molar-refractivity contribution < 1.29 is 0 Å². The molecule has 54 heavy (non-hydrogen) atoms. The van der Waals surface area contributed by atoms with E-state index in [2.05, 4.69) is 119 Å². The summed E-state index contributed by atoms with van der Waals surface area (Å²) in [6.45, 7) is 1.98. The molecule has 8 rings (SSSR count). The molecule has 2 aliphatic rings. The minimum absolute atomic E-state index is 0.991. The third-order valence-corrected chi connectivity index (χ3v) is 12.1. The second-order valence-corrected chi connectivity index (χ2v) is 15.7. The van der Waals surface area contributed by atoms with Gasteiger partial charge in [0.2, 0.25) is 0 Å². The molecule has 0 saturated carbocycles. The smallest absolute Gasteiger partial charge is 0.0590 e. The molecule has 2 heterocycles. The number of hydrazone groups is 2. The summed E-state index contributed by atoms with van der Waals surface area (Å²) < 4.78 is 0. The Balaban J connectivity index is 0.901. The van der Waals surface area contributed by atoms with Gasteiger partial charge in [0.25, 0.3) is 0 Å². The van der Waals surface area contributed by atoms with Crippen molar-refractivity contribution in [1.82, 2.24) is 0 Å². The van der Waals surface area contributed by atoms with Gasteiger partial charge in [-0.05, 0) is 96.8 Å². The van der Waals surface area contributed by atoms with E-state index in [1.54, 1.807) is 0 Å². The molecule has 0 spiro atoms. The zero-order valence-corrected chi connectivity index (χ0v) is 32.4. The molecular formula is C46H44N6S2. The van der Waals surface area contributed by atoms with Crippen LogP contribution in [0.2, 0.25) is 0 Å². The summed E-state index contributed by atoms with van der Waals surface area (Å²) in [4.78, 5) is 10.2. The van der Waals surface area contributed by atoms with Crippen LogP contribution in [0, 0.1) is 0 Å². The first-order valence-electron chi connectivity index (χ1n) is 18.6. The minimum Gasteiger partial charge on any atom is -0.340 e. The van der Waals surface area contributed by atoms with Crippen LogP contribution in [0.25, 0.3) is 0 Å². The summed E-state index contributed by atoms with van der Waals surface area (Å²) >= 11 is 3.71. The summed E-state index contributed by atoms with van der Waals surface area (Å²) in [5.41, 5.74) is 9.49. The first-order valence-corrected chi connectivity index (χ1v) is 20.3. The second kappa shape index (κ2) is 16.7. The quantitative estimate of drug-likeness (QED) is 0.0666. The molecule has 0 N–H and O–H groups in total. The normalized spacial score (nSPS) is 13.1. The van der Waals surface area contributed by atoms with Crippen LogP contribution >= 0.6 is 23.5 Å².